The Hall–Kier alpha value is -3.20. The quantitative estimate of drug-likeness (QED) is 0.639. The van der Waals surface area contributed by atoms with Gasteiger partial charge in [0.15, 0.2) is 5.65 Å². The molecule has 168 valence electrons. The van der Waals surface area contributed by atoms with Gasteiger partial charge < -0.3 is 15.3 Å². The third-order valence-electron chi connectivity index (χ3n) is 5.65. The van der Waals surface area contributed by atoms with Crippen molar-refractivity contribution >= 4 is 22.6 Å². The first-order valence-corrected chi connectivity index (χ1v) is 10.4. The maximum Gasteiger partial charge on any atom is 0.418 e. The van der Waals surface area contributed by atoms with E-state index in [0.717, 1.165) is 6.07 Å². The maximum atomic E-state index is 13.7. The van der Waals surface area contributed by atoms with Crippen LogP contribution in [0.1, 0.15) is 40.0 Å². The van der Waals surface area contributed by atoms with Crippen LogP contribution in [0.4, 0.5) is 18.9 Å². The SMILES string of the molecule is Cc1nc2ncccc2cc1C(=O)NCc1ccc(N2CCC(O)CC2)c(C(F)(F)F)c1. The van der Waals surface area contributed by atoms with Crippen molar-refractivity contribution in [2.75, 3.05) is 18.0 Å². The van der Waals surface area contributed by atoms with E-state index in [4.69, 9.17) is 0 Å². The van der Waals surface area contributed by atoms with Gasteiger partial charge in [-0.25, -0.2) is 9.97 Å². The second-order valence-corrected chi connectivity index (χ2v) is 7.92. The Morgan fingerprint density at radius 3 is 2.69 bits per heavy atom. The first-order valence-electron chi connectivity index (χ1n) is 10.4. The van der Waals surface area contributed by atoms with E-state index in [-0.39, 0.29) is 12.2 Å². The summed E-state index contributed by atoms with van der Waals surface area (Å²) >= 11 is 0. The van der Waals surface area contributed by atoms with Gasteiger partial charge in [0.2, 0.25) is 0 Å². The Morgan fingerprint density at radius 2 is 1.97 bits per heavy atom. The molecule has 0 bridgehead atoms. The van der Waals surface area contributed by atoms with E-state index in [1.54, 1.807) is 42.3 Å². The highest BCUT2D eigenvalue weighted by atomic mass is 19.4. The Kier molecular flexibility index (Phi) is 6.01. The molecule has 3 aromatic rings. The number of hydrogen-bond donors (Lipinski definition) is 2. The van der Waals surface area contributed by atoms with E-state index in [2.05, 4.69) is 15.3 Å². The number of carbonyl (C=O) groups is 1. The molecule has 0 atom stereocenters. The predicted molar refractivity (Wildman–Crippen MR) is 114 cm³/mol. The van der Waals surface area contributed by atoms with Crippen LogP contribution in [0.5, 0.6) is 0 Å². The highest BCUT2D eigenvalue weighted by molar-refractivity contribution is 5.98. The summed E-state index contributed by atoms with van der Waals surface area (Å²) in [6, 6.07) is 9.32. The smallest absolute Gasteiger partial charge is 0.393 e. The van der Waals surface area contributed by atoms with Gasteiger partial charge in [-0.2, -0.15) is 13.2 Å². The molecule has 32 heavy (non-hydrogen) atoms. The van der Waals surface area contributed by atoms with Crippen LogP contribution < -0.4 is 10.2 Å². The summed E-state index contributed by atoms with van der Waals surface area (Å²) in [6.45, 7) is 2.37. The number of nitrogens with zero attached hydrogens (tertiary/aromatic N) is 3. The molecule has 1 aromatic carbocycles. The first-order chi connectivity index (χ1) is 15.2. The molecule has 1 saturated heterocycles. The van der Waals surface area contributed by atoms with Gasteiger partial charge in [0.05, 0.1) is 22.9 Å². The number of carbonyl (C=O) groups excluding carboxylic acids is 1. The zero-order valence-corrected chi connectivity index (χ0v) is 17.5. The molecule has 9 heteroatoms. The number of aliphatic hydroxyl groups excluding tert-OH is 1. The molecule has 0 saturated carbocycles. The van der Waals surface area contributed by atoms with Crippen molar-refractivity contribution in [3.8, 4) is 0 Å². The Bertz CT molecular complexity index is 1140. The minimum absolute atomic E-state index is 0.0502. The normalized spacial score (nSPS) is 15.2. The lowest BCUT2D eigenvalue weighted by Gasteiger charge is -2.33. The number of halogens is 3. The number of pyridine rings is 2. The van der Waals surface area contributed by atoms with Crippen LogP contribution in [0.3, 0.4) is 0 Å². The van der Waals surface area contributed by atoms with Crippen LogP contribution in [0, 0.1) is 6.92 Å². The maximum absolute atomic E-state index is 13.7. The summed E-state index contributed by atoms with van der Waals surface area (Å²) in [5.74, 6) is -0.414. The summed E-state index contributed by atoms with van der Waals surface area (Å²) in [6.07, 6.45) is -2.52. The lowest BCUT2D eigenvalue weighted by Crippen LogP contribution is -2.37. The number of rotatable bonds is 4. The number of aliphatic hydroxyl groups is 1. The highest BCUT2D eigenvalue weighted by Gasteiger charge is 2.36. The number of benzene rings is 1. The predicted octanol–water partition coefficient (Wildman–Crippen LogP) is 3.85. The van der Waals surface area contributed by atoms with Crippen LogP contribution in [0.2, 0.25) is 0 Å². The standard InChI is InChI=1S/C23H23F3N4O2/c1-14-18(12-16-3-2-8-27-21(16)29-14)22(32)28-13-15-4-5-20(19(11-15)23(24,25)26)30-9-6-17(31)7-10-30/h2-5,8,11-12,17,31H,6-7,9-10,13H2,1H3,(H,28,32). The summed E-state index contributed by atoms with van der Waals surface area (Å²) in [4.78, 5) is 22.8. The molecule has 1 amide bonds. The van der Waals surface area contributed by atoms with Crippen molar-refractivity contribution in [3.63, 3.8) is 0 Å². The molecule has 0 radical (unpaired) electrons. The fraction of sp³-hybridized carbons (Fsp3) is 0.348. The van der Waals surface area contributed by atoms with Gasteiger partial charge in [-0.3, -0.25) is 4.79 Å². The molecule has 0 aliphatic carbocycles. The Balaban J connectivity index is 1.53. The highest BCUT2D eigenvalue weighted by Crippen LogP contribution is 2.38. The van der Waals surface area contributed by atoms with Gasteiger partial charge in [0, 0.05) is 36.9 Å². The first kappa shape index (κ1) is 22.0. The number of aryl methyl sites for hydroxylation is 1. The molecule has 1 aliphatic heterocycles. The van der Waals surface area contributed by atoms with Crippen LogP contribution in [0.15, 0.2) is 42.6 Å². The monoisotopic (exact) mass is 444 g/mol. The molecule has 2 aromatic heterocycles. The van der Waals surface area contributed by atoms with Crippen LogP contribution in [-0.2, 0) is 12.7 Å². The molecular formula is C23H23F3N4O2. The topological polar surface area (TPSA) is 78.4 Å². The van der Waals surface area contributed by atoms with Crippen molar-refractivity contribution in [1.82, 2.24) is 15.3 Å². The number of nitrogens with one attached hydrogen (secondary N) is 1. The number of aromatic nitrogens is 2. The molecule has 0 spiro atoms. The number of amides is 1. The lowest BCUT2D eigenvalue weighted by atomic mass is 10.0. The fourth-order valence-corrected chi connectivity index (χ4v) is 3.90. The second kappa shape index (κ2) is 8.74. The number of piperidine rings is 1. The molecule has 4 rings (SSSR count). The van der Waals surface area contributed by atoms with Crippen LogP contribution >= 0.6 is 0 Å². The third-order valence-corrected chi connectivity index (χ3v) is 5.65. The average Bonchev–Trinajstić information content (AvgIpc) is 2.77. The summed E-state index contributed by atoms with van der Waals surface area (Å²) in [5, 5.41) is 13.0. The van der Waals surface area contributed by atoms with E-state index in [0.29, 0.717) is 53.8 Å². The minimum Gasteiger partial charge on any atom is -0.393 e. The van der Waals surface area contributed by atoms with Gasteiger partial charge in [-0.1, -0.05) is 6.07 Å². The van der Waals surface area contributed by atoms with Gasteiger partial charge in [-0.15, -0.1) is 0 Å². The minimum atomic E-state index is -4.53. The van der Waals surface area contributed by atoms with E-state index >= 15 is 0 Å². The zero-order valence-electron chi connectivity index (χ0n) is 17.5. The van der Waals surface area contributed by atoms with E-state index < -0.39 is 23.8 Å². The molecule has 3 heterocycles. The molecule has 6 nitrogen and oxygen atoms in total. The fourth-order valence-electron chi connectivity index (χ4n) is 3.90. The summed E-state index contributed by atoms with van der Waals surface area (Å²) in [7, 11) is 0. The Labute approximate surface area is 183 Å². The summed E-state index contributed by atoms with van der Waals surface area (Å²) < 4.78 is 41.2. The second-order valence-electron chi connectivity index (χ2n) is 7.92. The largest absolute Gasteiger partial charge is 0.418 e. The number of alkyl halides is 3. The molecule has 1 fully saturated rings. The van der Waals surface area contributed by atoms with Gasteiger partial charge in [-0.05, 0) is 55.7 Å². The molecule has 2 N–H and O–H groups in total. The number of hydrogen-bond acceptors (Lipinski definition) is 5. The van der Waals surface area contributed by atoms with Gasteiger partial charge in [0.25, 0.3) is 5.91 Å². The third kappa shape index (κ3) is 4.67. The van der Waals surface area contributed by atoms with Crippen LogP contribution in [0.25, 0.3) is 11.0 Å². The zero-order chi connectivity index (χ0) is 22.9. The Morgan fingerprint density at radius 1 is 1.22 bits per heavy atom. The van der Waals surface area contributed by atoms with E-state index in [9.17, 15) is 23.1 Å². The van der Waals surface area contributed by atoms with Crippen molar-refractivity contribution in [3.05, 3.63) is 65.0 Å². The van der Waals surface area contributed by atoms with Crippen molar-refractivity contribution in [1.29, 1.82) is 0 Å². The molecular weight excluding hydrogens is 421 g/mol. The summed E-state index contributed by atoms with van der Waals surface area (Å²) in [5.41, 5.74) is 1.07. The van der Waals surface area contributed by atoms with Crippen molar-refractivity contribution in [2.24, 2.45) is 0 Å². The van der Waals surface area contributed by atoms with Gasteiger partial charge in [0.1, 0.15) is 0 Å². The number of anilines is 1. The van der Waals surface area contributed by atoms with Crippen LogP contribution in [-0.4, -0.2) is 40.2 Å². The van der Waals surface area contributed by atoms with Crippen molar-refractivity contribution in [2.45, 2.75) is 38.6 Å². The lowest BCUT2D eigenvalue weighted by molar-refractivity contribution is -0.137. The molecule has 0 unspecified atom stereocenters. The van der Waals surface area contributed by atoms with E-state index in [1.165, 1.54) is 6.07 Å². The molecule has 1 aliphatic rings. The van der Waals surface area contributed by atoms with Gasteiger partial charge >= 0.3 is 6.18 Å². The number of fused-ring (bicyclic) bond motifs is 1. The van der Waals surface area contributed by atoms with E-state index in [1.807, 2.05) is 0 Å². The average molecular weight is 444 g/mol. The van der Waals surface area contributed by atoms with Crippen molar-refractivity contribution < 1.29 is 23.1 Å².